The number of hydrogen-bond acceptors (Lipinski definition) is 3. The first-order valence-corrected chi connectivity index (χ1v) is 5.73. The minimum atomic E-state index is -5.78. The van der Waals surface area contributed by atoms with E-state index in [0.717, 1.165) is 5.56 Å². The van der Waals surface area contributed by atoms with Crippen LogP contribution in [0.25, 0.3) is 0 Å². The van der Waals surface area contributed by atoms with E-state index in [0.29, 0.717) is 0 Å². The average molecular weight is 266 g/mol. The monoisotopic (exact) mass is 266 g/mol. The third-order valence-corrected chi connectivity index (χ3v) is 2.79. The highest BCUT2D eigenvalue weighted by Crippen LogP contribution is 2.24. The molecule has 0 saturated heterocycles. The highest BCUT2D eigenvalue weighted by atomic mass is 32.2. The Morgan fingerprint density at radius 3 is 2.12 bits per heavy atom. The van der Waals surface area contributed by atoms with E-state index >= 15 is 0 Å². The van der Waals surface area contributed by atoms with Crippen LogP contribution < -0.4 is 5.11 Å². The van der Waals surface area contributed by atoms with Crippen LogP contribution in [0.2, 0.25) is 0 Å². The summed E-state index contributed by atoms with van der Waals surface area (Å²) < 4.78 is 59.2. The van der Waals surface area contributed by atoms with E-state index < -0.39 is 21.4 Å². The molecule has 0 aliphatic carbocycles. The molecule has 0 bridgehead atoms. The molecular formula is C9H7F3NO3S-. The van der Waals surface area contributed by atoms with Crippen molar-refractivity contribution in [2.45, 2.75) is 12.4 Å². The summed E-state index contributed by atoms with van der Waals surface area (Å²) in [6.45, 7) is 1.71. The molecular weight excluding hydrogens is 259 g/mol. The molecule has 4 nitrogen and oxygen atoms in total. The second-order valence-corrected chi connectivity index (χ2v) is 4.78. The topological polar surface area (TPSA) is 69.6 Å². The normalized spacial score (nSPS) is 13.8. The molecule has 17 heavy (non-hydrogen) atoms. The van der Waals surface area contributed by atoms with Gasteiger partial charge in [0.15, 0.2) is 0 Å². The lowest BCUT2D eigenvalue weighted by Crippen LogP contribution is -2.27. The van der Waals surface area contributed by atoms with Gasteiger partial charge in [0.25, 0.3) is 0 Å². The largest absolute Gasteiger partial charge is 0.858 e. The third-order valence-electron chi connectivity index (χ3n) is 1.79. The van der Waals surface area contributed by atoms with E-state index in [2.05, 4.69) is 4.40 Å². The Kier molecular flexibility index (Phi) is 3.46. The minimum Gasteiger partial charge on any atom is -0.858 e. The molecule has 0 radical (unpaired) electrons. The highest BCUT2D eigenvalue weighted by molar-refractivity contribution is 7.91. The lowest BCUT2D eigenvalue weighted by atomic mass is 10.1. The molecule has 0 heterocycles. The van der Waals surface area contributed by atoms with Gasteiger partial charge in [-0.25, -0.2) is 0 Å². The van der Waals surface area contributed by atoms with E-state index in [1.807, 2.05) is 0 Å². The maximum absolute atomic E-state index is 11.9. The summed E-state index contributed by atoms with van der Waals surface area (Å²) >= 11 is 0. The van der Waals surface area contributed by atoms with Gasteiger partial charge in [0, 0.05) is 5.90 Å². The van der Waals surface area contributed by atoms with Crippen molar-refractivity contribution in [1.82, 2.24) is 0 Å². The molecule has 0 unspecified atom stereocenters. The van der Waals surface area contributed by atoms with Gasteiger partial charge in [0.2, 0.25) is 0 Å². The van der Waals surface area contributed by atoms with Crippen LogP contribution in [0.5, 0.6) is 0 Å². The first-order valence-electron chi connectivity index (χ1n) is 4.29. The summed E-state index contributed by atoms with van der Waals surface area (Å²) in [5.41, 5.74) is -5.00. The van der Waals surface area contributed by atoms with Crippen LogP contribution in [0.3, 0.4) is 0 Å². The zero-order valence-electron chi connectivity index (χ0n) is 8.52. The summed E-state index contributed by atoms with van der Waals surface area (Å²) in [6, 6.07) is 5.33. The van der Waals surface area contributed by atoms with E-state index in [1.54, 1.807) is 6.92 Å². The van der Waals surface area contributed by atoms with Gasteiger partial charge in [-0.3, -0.25) is 0 Å². The lowest BCUT2D eigenvalue weighted by Gasteiger charge is -2.11. The van der Waals surface area contributed by atoms with Crippen LogP contribution >= 0.6 is 0 Å². The quantitative estimate of drug-likeness (QED) is 0.591. The standard InChI is InChI=1S/C9H8F3NO3S/c1-6-2-4-7(5-3-6)8(14)13-17(15,16)9(10,11)12/h2-5H,1H3,(H,13,14)/p-1. The van der Waals surface area contributed by atoms with Crippen molar-refractivity contribution in [1.29, 1.82) is 0 Å². The molecule has 0 fully saturated rings. The Bertz CT molecular complexity index is 532. The van der Waals surface area contributed by atoms with Crippen LogP contribution in [0.1, 0.15) is 11.1 Å². The lowest BCUT2D eigenvalue weighted by molar-refractivity contribution is -0.212. The third kappa shape index (κ3) is 3.19. The zero-order chi connectivity index (χ0) is 13.3. The summed E-state index contributed by atoms with van der Waals surface area (Å²) in [6.07, 6.45) is 0. The van der Waals surface area contributed by atoms with E-state index in [9.17, 15) is 26.7 Å². The molecule has 94 valence electrons. The molecule has 1 aromatic carbocycles. The number of alkyl halides is 3. The van der Waals surface area contributed by atoms with Crippen LogP contribution in [-0.4, -0.2) is 19.8 Å². The van der Waals surface area contributed by atoms with Gasteiger partial charge in [-0.15, -0.1) is 0 Å². The van der Waals surface area contributed by atoms with E-state index in [1.165, 1.54) is 24.3 Å². The van der Waals surface area contributed by atoms with Crippen molar-refractivity contribution in [3.05, 3.63) is 35.4 Å². The maximum atomic E-state index is 11.9. The predicted octanol–water partition coefficient (Wildman–Crippen LogP) is 0.952. The predicted molar refractivity (Wildman–Crippen MR) is 52.7 cm³/mol. The van der Waals surface area contributed by atoms with Crippen molar-refractivity contribution >= 4 is 15.9 Å². The molecule has 0 aliphatic heterocycles. The van der Waals surface area contributed by atoms with Crippen LogP contribution in [-0.2, 0) is 10.0 Å². The number of rotatable bonds is 2. The number of benzene rings is 1. The Labute approximate surface area is 95.5 Å². The molecule has 1 aromatic rings. The Morgan fingerprint density at radius 2 is 1.71 bits per heavy atom. The first-order chi connectivity index (χ1) is 7.63. The van der Waals surface area contributed by atoms with Gasteiger partial charge in [0.1, 0.15) is 0 Å². The van der Waals surface area contributed by atoms with Crippen molar-refractivity contribution in [2.24, 2.45) is 4.40 Å². The molecule has 0 aliphatic rings. The molecule has 0 saturated carbocycles. The minimum absolute atomic E-state index is 0.219. The fourth-order valence-electron chi connectivity index (χ4n) is 0.910. The number of halogens is 3. The fraction of sp³-hybridized carbons (Fsp3) is 0.222. The van der Waals surface area contributed by atoms with Gasteiger partial charge < -0.3 is 5.11 Å². The number of hydrogen-bond donors (Lipinski definition) is 0. The average Bonchev–Trinajstić information content (AvgIpc) is 2.16. The first kappa shape index (κ1) is 13.5. The Morgan fingerprint density at radius 1 is 1.24 bits per heavy atom. The van der Waals surface area contributed by atoms with Crippen molar-refractivity contribution < 1.29 is 26.7 Å². The maximum Gasteiger partial charge on any atom is 0.518 e. The van der Waals surface area contributed by atoms with Crippen molar-refractivity contribution in [3.8, 4) is 0 Å². The number of sulfonamides is 1. The molecule has 0 N–H and O–H groups in total. The summed E-state index contributed by atoms with van der Waals surface area (Å²) in [5.74, 6) is -1.44. The second-order valence-electron chi connectivity index (χ2n) is 3.18. The van der Waals surface area contributed by atoms with Gasteiger partial charge in [-0.2, -0.15) is 26.0 Å². The Hall–Kier alpha value is -1.57. The molecule has 0 atom stereocenters. The summed E-state index contributed by atoms with van der Waals surface area (Å²) in [7, 11) is -5.78. The van der Waals surface area contributed by atoms with Crippen LogP contribution in [0.15, 0.2) is 28.7 Å². The van der Waals surface area contributed by atoms with Gasteiger partial charge in [-0.05, 0) is 12.5 Å². The smallest absolute Gasteiger partial charge is 0.518 e. The molecule has 0 spiro atoms. The number of aryl methyl sites for hydroxylation is 1. The molecule has 0 aromatic heterocycles. The van der Waals surface area contributed by atoms with Crippen LogP contribution in [0, 0.1) is 6.92 Å². The second kappa shape index (κ2) is 4.36. The Balaban J connectivity index is 3.14. The molecule has 0 amide bonds. The van der Waals surface area contributed by atoms with Gasteiger partial charge in [-0.1, -0.05) is 29.8 Å². The van der Waals surface area contributed by atoms with Crippen molar-refractivity contribution in [3.63, 3.8) is 0 Å². The van der Waals surface area contributed by atoms with Crippen LogP contribution in [0.4, 0.5) is 13.2 Å². The summed E-state index contributed by atoms with van der Waals surface area (Å²) in [5, 5.41) is 11.2. The molecule has 8 heteroatoms. The van der Waals surface area contributed by atoms with E-state index in [-0.39, 0.29) is 5.56 Å². The molecule has 1 rings (SSSR count). The zero-order valence-corrected chi connectivity index (χ0v) is 9.34. The van der Waals surface area contributed by atoms with Gasteiger partial charge in [0.05, 0.1) is 0 Å². The number of nitrogens with zero attached hydrogens (tertiary/aromatic N) is 1. The van der Waals surface area contributed by atoms with Crippen molar-refractivity contribution in [2.75, 3.05) is 0 Å². The van der Waals surface area contributed by atoms with E-state index in [4.69, 9.17) is 0 Å². The fourth-order valence-corrected chi connectivity index (χ4v) is 1.34. The van der Waals surface area contributed by atoms with Gasteiger partial charge >= 0.3 is 15.5 Å². The summed E-state index contributed by atoms with van der Waals surface area (Å²) in [4.78, 5) is 0. The SMILES string of the molecule is Cc1ccc(/C([O-])=N/S(=O)(=O)C(F)(F)F)cc1. The highest BCUT2D eigenvalue weighted by Gasteiger charge is 2.45.